The zero-order valence-electron chi connectivity index (χ0n) is 13.3. The van der Waals surface area contributed by atoms with Gasteiger partial charge >= 0.3 is 0 Å². The second-order valence-electron chi connectivity index (χ2n) is 6.34. The third-order valence-electron chi connectivity index (χ3n) is 3.87. The van der Waals surface area contributed by atoms with Crippen LogP contribution >= 0.6 is 24.0 Å². The molecule has 0 aromatic rings. The lowest BCUT2D eigenvalue weighted by molar-refractivity contribution is 0.0484. The molecule has 1 fully saturated rings. The van der Waals surface area contributed by atoms with Crippen LogP contribution in [0.15, 0.2) is 4.99 Å². The van der Waals surface area contributed by atoms with E-state index in [1.165, 1.54) is 19.5 Å². The molecule has 1 aliphatic rings. The molecule has 0 radical (unpaired) electrons. The Morgan fingerprint density at radius 3 is 2.21 bits per heavy atom. The number of hydrogen-bond acceptors (Lipinski definition) is 2. The van der Waals surface area contributed by atoms with Gasteiger partial charge in [0.15, 0.2) is 5.96 Å². The van der Waals surface area contributed by atoms with Gasteiger partial charge in [0.05, 0.1) is 0 Å². The highest BCUT2D eigenvalue weighted by atomic mass is 127. The number of rotatable bonds is 3. The van der Waals surface area contributed by atoms with Gasteiger partial charge in [-0.25, -0.2) is 0 Å². The van der Waals surface area contributed by atoms with Crippen molar-refractivity contribution in [1.82, 2.24) is 15.5 Å². The summed E-state index contributed by atoms with van der Waals surface area (Å²) in [6.07, 6.45) is 1.36. The highest BCUT2D eigenvalue weighted by molar-refractivity contribution is 14.0. The molecule has 19 heavy (non-hydrogen) atoms. The van der Waals surface area contributed by atoms with E-state index in [1.807, 2.05) is 7.05 Å². The molecule has 0 saturated carbocycles. The zero-order chi connectivity index (χ0) is 13.8. The second-order valence-corrected chi connectivity index (χ2v) is 6.34. The van der Waals surface area contributed by atoms with Gasteiger partial charge < -0.3 is 10.6 Å². The average Bonchev–Trinajstić information content (AvgIpc) is 2.29. The Labute approximate surface area is 135 Å². The number of nitrogens with one attached hydrogen (secondary N) is 2. The zero-order valence-corrected chi connectivity index (χ0v) is 15.6. The number of nitrogens with zero attached hydrogens (tertiary/aromatic N) is 2. The summed E-state index contributed by atoms with van der Waals surface area (Å²) in [6.45, 7) is 12.7. The van der Waals surface area contributed by atoms with Crippen LogP contribution in [0, 0.1) is 11.8 Å². The molecule has 1 rings (SSSR count). The van der Waals surface area contributed by atoms with Gasteiger partial charge in [0.2, 0.25) is 0 Å². The molecule has 0 amide bonds. The summed E-state index contributed by atoms with van der Waals surface area (Å²) >= 11 is 0. The summed E-state index contributed by atoms with van der Waals surface area (Å²) in [5.74, 6) is 2.47. The van der Waals surface area contributed by atoms with Crippen molar-refractivity contribution in [3.8, 4) is 0 Å². The van der Waals surface area contributed by atoms with E-state index in [2.05, 4.69) is 48.2 Å². The minimum atomic E-state index is 0. The molecule has 0 bridgehead atoms. The van der Waals surface area contributed by atoms with Crippen molar-refractivity contribution in [3.05, 3.63) is 0 Å². The predicted octanol–water partition coefficient (Wildman–Crippen LogP) is 2.16. The van der Waals surface area contributed by atoms with Crippen LogP contribution in [0.5, 0.6) is 0 Å². The number of aliphatic imine (C=N–C) groups is 1. The maximum atomic E-state index is 4.16. The van der Waals surface area contributed by atoms with E-state index in [-0.39, 0.29) is 29.5 Å². The van der Waals surface area contributed by atoms with Crippen LogP contribution in [0.2, 0.25) is 0 Å². The molecule has 0 aromatic carbocycles. The van der Waals surface area contributed by atoms with E-state index in [1.54, 1.807) is 7.05 Å². The summed E-state index contributed by atoms with van der Waals surface area (Å²) in [5.41, 5.74) is 0.162. The summed E-state index contributed by atoms with van der Waals surface area (Å²) in [7, 11) is 3.70. The molecule has 1 aliphatic heterocycles. The van der Waals surface area contributed by atoms with Crippen molar-refractivity contribution < 1.29 is 0 Å². The van der Waals surface area contributed by atoms with Crippen molar-refractivity contribution >= 4 is 29.9 Å². The summed E-state index contributed by atoms with van der Waals surface area (Å²) < 4.78 is 0. The van der Waals surface area contributed by atoms with Crippen LogP contribution in [-0.2, 0) is 0 Å². The van der Waals surface area contributed by atoms with Crippen LogP contribution < -0.4 is 10.6 Å². The minimum Gasteiger partial charge on any atom is -0.359 e. The lowest BCUT2D eigenvalue weighted by atomic mass is 9.88. The fourth-order valence-electron chi connectivity index (χ4n) is 2.85. The molecule has 5 heteroatoms. The van der Waals surface area contributed by atoms with Crippen molar-refractivity contribution in [2.75, 3.05) is 33.7 Å². The van der Waals surface area contributed by atoms with Crippen LogP contribution in [0.3, 0.4) is 0 Å². The van der Waals surface area contributed by atoms with Crippen LogP contribution in [0.4, 0.5) is 0 Å². The predicted molar refractivity (Wildman–Crippen MR) is 94.4 cm³/mol. The van der Waals surface area contributed by atoms with E-state index in [0.29, 0.717) is 0 Å². The molecule has 0 aliphatic carbocycles. The van der Waals surface area contributed by atoms with Crippen molar-refractivity contribution in [2.45, 2.75) is 39.7 Å². The van der Waals surface area contributed by atoms with Gasteiger partial charge in [-0.3, -0.25) is 9.89 Å². The topological polar surface area (TPSA) is 39.7 Å². The van der Waals surface area contributed by atoms with Gasteiger partial charge in [-0.2, -0.15) is 0 Å². The largest absolute Gasteiger partial charge is 0.359 e. The molecular formula is C14H31IN4. The standard InChI is InChI=1S/C14H30N4.HI/c1-11-7-12(2)9-18(8-11)14(3,4)10-17-13(15-5)16-6;/h11-12H,7-10H2,1-6H3,(H2,15,16,17);1H. The number of halogens is 1. The maximum absolute atomic E-state index is 4.16. The Bertz CT molecular complexity index is 281. The second kappa shape index (κ2) is 8.29. The van der Waals surface area contributed by atoms with Crippen LogP contribution in [-0.4, -0.2) is 50.1 Å². The number of guanidine groups is 1. The van der Waals surface area contributed by atoms with Gasteiger partial charge in [0.25, 0.3) is 0 Å². The van der Waals surface area contributed by atoms with E-state index in [9.17, 15) is 0 Å². The molecule has 2 N–H and O–H groups in total. The Hall–Kier alpha value is -0.0400. The highest BCUT2D eigenvalue weighted by Crippen LogP contribution is 2.26. The first-order chi connectivity index (χ1) is 8.39. The van der Waals surface area contributed by atoms with E-state index in [4.69, 9.17) is 0 Å². The van der Waals surface area contributed by atoms with Gasteiger partial charge in [-0.05, 0) is 32.1 Å². The molecular weight excluding hydrogens is 351 g/mol. The van der Waals surface area contributed by atoms with E-state index < -0.39 is 0 Å². The Morgan fingerprint density at radius 1 is 1.26 bits per heavy atom. The number of hydrogen-bond donors (Lipinski definition) is 2. The summed E-state index contributed by atoms with van der Waals surface area (Å²) in [4.78, 5) is 6.77. The van der Waals surface area contributed by atoms with Gasteiger partial charge in [0, 0.05) is 39.3 Å². The smallest absolute Gasteiger partial charge is 0.190 e. The Morgan fingerprint density at radius 2 is 1.79 bits per heavy atom. The minimum absolute atomic E-state index is 0. The molecule has 4 nitrogen and oxygen atoms in total. The molecule has 0 aromatic heterocycles. The maximum Gasteiger partial charge on any atom is 0.190 e. The fourth-order valence-corrected chi connectivity index (χ4v) is 2.85. The first-order valence-electron chi connectivity index (χ1n) is 7.02. The third kappa shape index (κ3) is 5.85. The molecule has 2 atom stereocenters. The molecule has 114 valence electrons. The summed E-state index contributed by atoms with van der Waals surface area (Å²) in [5, 5.41) is 6.45. The SMILES string of the molecule is CN=C(NC)NCC(C)(C)N1CC(C)CC(C)C1.I. The molecule has 2 unspecified atom stereocenters. The third-order valence-corrected chi connectivity index (χ3v) is 3.87. The van der Waals surface area contributed by atoms with Gasteiger partial charge in [-0.15, -0.1) is 24.0 Å². The van der Waals surface area contributed by atoms with Crippen LogP contribution in [0.1, 0.15) is 34.1 Å². The van der Waals surface area contributed by atoms with Crippen molar-refractivity contribution in [3.63, 3.8) is 0 Å². The number of likely N-dealkylation sites (tertiary alicyclic amines) is 1. The average molecular weight is 382 g/mol. The van der Waals surface area contributed by atoms with Crippen molar-refractivity contribution in [1.29, 1.82) is 0 Å². The van der Waals surface area contributed by atoms with E-state index >= 15 is 0 Å². The van der Waals surface area contributed by atoms with Gasteiger partial charge in [0.1, 0.15) is 0 Å². The van der Waals surface area contributed by atoms with Crippen molar-refractivity contribution in [2.24, 2.45) is 16.8 Å². The Kier molecular flexibility index (Phi) is 8.27. The first kappa shape index (κ1) is 19.0. The molecule has 1 heterocycles. The summed E-state index contributed by atoms with van der Waals surface area (Å²) in [6, 6.07) is 0. The lowest BCUT2D eigenvalue weighted by Crippen LogP contribution is -2.57. The first-order valence-corrected chi connectivity index (χ1v) is 7.02. The van der Waals surface area contributed by atoms with Gasteiger partial charge in [-0.1, -0.05) is 13.8 Å². The lowest BCUT2D eigenvalue weighted by Gasteiger charge is -2.45. The Balaban J connectivity index is 0.00000324. The fraction of sp³-hybridized carbons (Fsp3) is 0.929. The van der Waals surface area contributed by atoms with E-state index in [0.717, 1.165) is 24.3 Å². The number of piperidine rings is 1. The normalized spacial score (nSPS) is 25.7. The highest BCUT2D eigenvalue weighted by Gasteiger charge is 2.32. The quantitative estimate of drug-likeness (QED) is 0.447. The van der Waals surface area contributed by atoms with Crippen LogP contribution in [0.25, 0.3) is 0 Å². The molecule has 1 saturated heterocycles. The monoisotopic (exact) mass is 382 g/mol. The molecule has 0 spiro atoms.